The van der Waals surface area contributed by atoms with Crippen LogP contribution in [0.5, 0.6) is 0 Å². The number of nitrogens with zero attached hydrogens (tertiary/aromatic N) is 2. The number of nitrogens with one attached hydrogen (secondary N) is 2. The van der Waals surface area contributed by atoms with E-state index in [1.54, 1.807) is 12.1 Å². The minimum absolute atomic E-state index is 0.143. The maximum atomic E-state index is 12.6. The summed E-state index contributed by atoms with van der Waals surface area (Å²) < 4.78 is 0. The molecule has 0 radical (unpaired) electrons. The summed E-state index contributed by atoms with van der Waals surface area (Å²) in [5.41, 5.74) is 5.08. The standard InChI is InChI=1S/C21H22N4O/c1-4-16-8-5-6-11-19(16)25-20(26)17-9-7-10-18(13-17)24-21-22-14(2)12-15(3)23-21/h5-13H,4H2,1-3H3,(H,25,26)(H,22,23,24). The van der Waals surface area contributed by atoms with Gasteiger partial charge in [0.1, 0.15) is 0 Å². The third-order valence-corrected chi connectivity index (χ3v) is 4.01. The Hall–Kier alpha value is -3.21. The topological polar surface area (TPSA) is 66.9 Å². The van der Waals surface area contributed by atoms with E-state index in [4.69, 9.17) is 0 Å². The largest absolute Gasteiger partial charge is 0.324 e. The van der Waals surface area contributed by atoms with Crippen molar-refractivity contribution in [2.24, 2.45) is 0 Å². The van der Waals surface area contributed by atoms with E-state index in [-0.39, 0.29) is 5.91 Å². The average molecular weight is 346 g/mol. The molecule has 5 heteroatoms. The van der Waals surface area contributed by atoms with E-state index in [1.165, 1.54) is 0 Å². The molecule has 132 valence electrons. The highest BCUT2D eigenvalue weighted by Crippen LogP contribution is 2.19. The lowest BCUT2D eigenvalue weighted by atomic mass is 10.1. The van der Waals surface area contributed by atoms with Crippen molar-refractivity contribution in [3.8, 4) is 0 Å². The molecule has 3 rings (SSSR count). The van der Waals surface area contributed by atoms with Crippen molar-refractivity contribution in [1.82, 2.24) is 9.97 Å². The number of amides is 1. The molecule has 0 unspecified atom stereocenters. The Morgan fingerprint density at radius 1 is 0.962 bits per heavy atom. The summed E-state index contributed by atoms with van der Waals surface area (Å²) in [4.78, 5) is 21.4. The first-order valence-corrected chi connectivity index (χ1v) is 8.64. The number of aryl methyl sites for hydroxylation is 3. The van der Waals surface area contributed by atoms with E-state index < -0.39 is 0 Å². The van der Waals surface area contributed by atoms with Crippen molar-refractivity contribution in [2.75, 3.05) is 10.6 Å². The SMILES string of the molecule is CCc1ccccc1NC(=O)c1cccc(Nc2nc(C)cc(C)n2)c1. The number of hydrogen-bond donors (Lipinski definition) is 2. The molecule has 1 amide bonds. The summed E-state index contributed by atoms with van der Waals surface area (Å²) in [6.07, 6.45) is 0.863. The fourth-order valence-electron chi connectivity index (χ4n) is 2.79. The van der Waals surface area contributed by atoms with Crippen molar-refractivity contribution in [3.63, 3.8) is 0 Å². The summed E-state index contributed by atoms with van der Waals surface area (Å²) in [7, 11) is 0. The number of benzene rings is 2. The lowest BCUT2D eigenvalue weighted by molar-refractivity contribution is 0.102. The van der Waals surface area contributed by atoms with Crippen molar-refractivity contribution in [3.05, 3.63) is 77.1 Å². The van der Waals surface area contributed by atoms with Crippen LogP contribution in [0.1, 0.15) is 34.2 Å². The fourth-order valence-corrected chi connectivity index (χ4v) is 2.79. The molecule has 1 heterocycles. The van der Waals surface area contributed by atoms with Gasteiger partial charge in [0.15, 0.2) is 0 Å². The molecule has 0 fully saturated rings. The van der Waals surface area contributed by atoms with Crippen molar-refractivity contribution in [1.29, 1.82) is 0 Å². The van der Waals surface area contributed by atoms with Crippen LogP contribution >= 0.6 is 0 Å². The lowest BCUT2D eigenvalue weighted by Gasteiger charge is -2.11. The first-order valence-electron chi connectivity index (χ1n) is 8.64. The second-order valence-electron chi connectivity index (χ2n) is 6.14. The molecule has 2 N–H and O–H groups in total. The molecule has 5 nitrogen and oxygen atoms in total. The van der Waals surface area contributed by atoms with Gasteiger partial charge in [-0.3, -0.25) is 4.79 Å². The molecule has 0 saturated carbocycles. The number of aromatic nitrogens is 2. The third-order valence-electron chi connectivity index (χ3n) is 4.01. The summed E-state index contributed by atoms with van der Waals surface area (Å²) in [5.74, 6) is 0.382. The van der Waals surface area contributed by atoms with Crippen molar-refractivity contribution in [2.45, 2.75) is 27.2 Å². The van der Waals surface area contributed by atoms with Crippen LogP contribution in [0.25, 0.3) is 0 Å². The van der Waals surface area contributed by atoms with Gasteiger partial charge < -0.3 is 10.6 Å². The third kappa shape index (κ3) is 4.25. The highest BCUT2D eigenvalue weighted by molar-refractivity contribution is 6.05. The zero-order chi connectivity index (χ0) is 18.5. The summed E-state index contributed by atoms with van der Waals surface area (Å²) in [6.45, 7) is 5.92. The summed E-state index contributed by atoms with van der Waals surface area (Å²) in [5, 5.41) is 6.15. The van der Waals surface area contributed by atoms with Crippen molar-refractivity contribution < 1.29 is 4.79 Å². The molecule has 0 saturated heterocycles. The molecule has 0 aliphatic rings. The van der Waals surface area contributed by atoms with E-state index >= 15 is 0 Å². The van der Waals surface area contributed by atoms with Gasteiger partial charge >= 0.3 is 0 Å². The van der Waals surface area contributed by atoms with Gasteiger partial charge in [-0.2, -0.15) is 0 Å². The van der Waals surface area contributed by atoms with Gasteiger partial charge in [0.05, 0.1) is 0 Å². The normalized spacial score (nSPS) is 10.4. The van der Waals surface area contributed by atoms with Gasteiger partial charge in [-0.05, 0) is 56.2 Å². The van der Waals surface area contributed by atoms with Crippen LogP contribution in [-0.2, 0) is 6.42 Å². The van der Waals surface area contributed by atoms with E-state index in [2.05, 4.69) is 27.5 Å². The second kappa shape index (κ2) is 7.78. The Morgan fingerprint density at radius 2 is 1.69 bits per heavy atom. The first kappa shape index (κ1) is 17.6. The van der Waals surface area contributed by atoms with Gasteiger partial charge in [0, 0.05) is 28.3 Å². The molecule has 0 bridgehead atoms. The number of carbonyl (C=O) groups is 1. The van der Waals surface area contributed by atoms with Crippen LogP contribution < -0.4 is 10.6 Å². The van der Waals surface area contributed by atoms with Crippen LogP contribution in [0.3, 0.4) is 0 Å². The Balaban J connectivity index is 1.79. The maximum absolute atomic E-state index is 12.6. The fraction of sp³-hybridized carbons (Fsp3) is 0.190. The predicted molar refractivity (Wildman–Crippen MR) is 105 cm³/mol. The molecular formula is C21H22N4O. The Kier molecular flexibility index (Phi) is 5.27. The number of rotatable bonds is 5. The molecule has 0 atom stereocenters. The highest BCUT2D eigenvalue weighted by atomic mass is 16.1. The van der Waals surface area contributed by atoms with Gasteiger partial charge in [-0.25, -0.2) is 9.97 Å². The average Bonchev–Trinajstić information content (AvgIpc) is 2.61. The van der Waals surface area contributed by atoms with Crippen molar-refractivity contribution >= 4 is 23.2 Å². The molecule has 0 aliphatic heterocycles. The van der Waals surface area contributed by atoms with E-state index in [0.717, 1.165) is 34.7 Å². The molecule has 2 aromatic carbocycles. The van der Waals surface area contributed by atoms with Gasteiger partial charge in [0.2, 0.25) is 5.95 Å². The second-order valence-corrected chi connectivity index (χ2v) is 6.14. The number of para-hydroxylation sites is 1. The number of anilines is 3. The number of carbonyl (C=O) groups excluding carboxylic acids is 1. The predicted octanol–water partition coefficient (Wildman–Crippen LogP) is 4.65. The van der Waals surface area contributed by atoms with Crippen LogP contribution in [0.2, 0.25) is 0 Å². The van der Waals surface area contributed by atoms with E-state index in [1.807, 2.05) is 56.3 Å². The molecule has 0 spiro atoms. The molecule has 3 aromatic rings. The molecular weight excluding hydrogens is 324 g/mol. The highest BCUT2D eigenvalue weighted by Gasteiger charge is 2.09. The van der Waals surface area contributed by atoms with Gasteiger partial charge in [-0.15, -0.1) is 0 Å². The first-order chi connectivity index (χ1) is 12.5. The molecule has 26 heavy (non-hydrogen) atoms. The van der Waals surface area contributed by atoms with E-state index in [0.29, 0.717) is 11.5 Å². The Labute approximate surface area is 153 Å². The van der Waals surface area contributed by atoms with Crippen LogP contribution in [-0.4, -0.2) is 15.9 Å². The summed E-state index contributed by atoms with van der Waals surface area (Å²) >= 11 is 0. The molecule has 1 aromatic heterocycles. The Morgan fingerprint density at radius 3 is 2.42 bits per heavy atom. The van der Waals surface area contributed by atoms with E-state index in [9.17, 15) is 4.79 Å². The smallest absolute Gasteiger partial charge is 0.255 e. The monoisotopic (exact) mass is 346 g/mol. The zero-order valence-corrected chi connectivity index (χ0v) is 15.2. The quantitative estimate of drug-likeness (QED) is 0.705. The van der Waals surface area contributed by atoms with Crippen LogP contribution in [0.4, 0.5) is 17.3 Å². The van der Waals surface area contributed by atoms with Crippen LogP contribution in [0.15, 0.2) is 54.6 Å². The lowest BCUT2D eigenvalue weighted by Crippen LogP contribution is -2.13. The number of hydrogen-bond acceptors (Lipinski definition) is 4. The minimum Gasteiger partial charge on any atom is -0.324 e. The summed E-state index contributed by atoms with van der Waals surface area (Å²) in [6, 6.07) is 17.1. The van der Waals surface area contributed by atoms with Gasteiger partial charge in [0.25, 0.3) is 5.91 Å². The molecule has 0 aliphatic carbocycles. The zero-order valence-electron chi connectivity index (χ0n) is 15.2. The van der Waals surface area contributed by atoms with Crippen LogP contribution in [0, 0.1) is 13.8 Å². The minimum atomic E-state index is -0.143. The maximum Gasteiger partial charge on any atom is 0.255 e. The van der Waals surface area contributed by atoms with Gasteiger partial charge in [-0.1, -0.05) is 31.2 Å². The Bertz CT molecular complexity index is 917.